The Morgan fingerprint density at radius 1 is 1.78 bits per heavy atom. The molecule has 0 aromatic rings. The minimum Gasteiger partial charge on any atom is -0.315 e. The predicted octanol–water partition coefficient (Wildman–Crippen LogP) is 0.316. The summed E-state index contributed by atoms with van der Waals surface area (Å²) in [6, 6.07) is 0. The summed E-state index contributed by atoms with van der Waals surface area (Å²) in [5.74, 6) is 5.38. The van der Waals surface area contributed by atoms with Gasteiger partial charge in [-0.1, -0.05) is 5.92 Å². The molecule has 0 aromatic heterocycles. The predicted molar refractivity (Wildman–Crippen MR) is 36.7 cm³/mol. The number of carbonyl (C=O) groups excluding carboxylic acids is 1. The first-order valence-electron chi connectivity index (χ1n) is 2.79. The molecular formula is C7H11NO. The molecule has 0 radical (unpaired) electrons. The van der Waals surface area contributed by atoms with Gasteiger partial charge in [0.05, 0.1) is 5.54 Å². The Kier molecular flexibility index (Phi) is 2.97. The van der Waals surface area contributed by atoms with E-state index >= 15 is 0 Å². The fourth-order valence-electron chi connectivity index (χ4n) is 0.510. The molecule has 0 aromatic carbocycles. The highest BCUT2D eigenvalue weighted by Crippen LogP contribution is 1.99. The molecule has 0 aliphatic heterocycles. The monoisotopic (exact) mass is 125 g/mol. The van der Waals surface area contributed by atoms with Gasteiger partial charge in [0.15, 0.2) is 0 Å². The highest BCUT2D eigenvalue weighted by molar-refractivity contribution is 5.53. The fraction of sp³-hybridized carbons (Fsp3) is 0.571. The van der Waals surface area contributed by atoms with Crippen molar-refractivity contribution in [3.8, 4) is 11.8 Å². The zero-order valence-electron chi connectivity index (χ0n) is 5.77. The van der Waals surface area contributed by atoms with Crippen LogP contribution in [0, 0.1) is 11.8 Å². The maximum atomic E-state index is 9.95. The van der Waals surface area contributed by atoms with E-state index in [1.807, 2.05) is 0 Å². The summed E-state index contributed by atoms with van der Waals surface area (Å²) in [5, 5.41) is 0. The molecule has 0 saturated carbocycles. The normalized spacial score (nSPS) is 15.0. The summed E-state index contributed by atoms with van der Waals surface area (Å²) in [6.07, 6.45) is 1.08. The van der Waals surface area contributed by atoms with Gasteiger partial charge in [0, 0.05) is 6.42 Å². The lowest BCUT2D eigenvalue weighted by atomic mass is 10.0. The van der Waals surface area contributed by atoms with Gasteiger partial charge in [0.1, 0.15) is 6.29 Å². The van der Waals surface area contributed by atoms with Crippen molar-refractivity contribution in [2.24, 2.45) is 5.73 Å². The summed E-state index contributed by atoms with van der Waals surface area (Å²) in [7, 11) is 0. The third-order valence-electron chi connectivity index (χ3n) is 0.918. The van der Waals surface area contributed by atoms with Crippen molar-refractivity contribution < 1.29 is 4.79 Å². The van der Waals surface area contributed by atoms with Gasteiger partial charge in [-0.15, -0.1) is 5.92 Å². The van der Waals surface area contributed by atoms with Crippen LogP contribution in [0.25, 0.3) is 0 Å². The van der Waals surface area contributed by atoms with Gasteiger partial charge in [-0.25, -0.2) is 0 Å². The summed E-state index contributed by atoms with van der Waals surface area (Å²) in [5.41, 5.74) is 4.90. The Labute approximate surface area is 55.4 Å². The Morgan fingerprint density at radius 3 is 2.67 bits per heavy atom. The number of rotatable bonds is 2. The van der Waals surface area contributed by atoms with Crippen LogP contribution in [-0.4, -0.2) is 11.8 Å². The maximum absolute atomic E-state index is 9.95. The minimum absolute atomic E-state index is 0.299. The van der Waals surface area contributed by atoms with E-state index < -0.39 is 5.54 Å². The Bertz CT molecular complexity index is 150. The summed E-state index contributed by atoms with van der Waals surface area (Å²) >= 11 is 0. The van der Waals surface area contributed by atoms with E-state index in [0.717, 1.165) is 6.29 Å². The van der Waals surface area contributed by atoms with Crippen LogP contribution >= 0.6 is 0 Å². The van der Waals surface area contributed by atoms with E-state index in [2.05, 4.69) is 11.8 Å². The van der Waals surface area contributed by atoms with E-state index in [4.69, 9.17) is 5.73 Å². The molecule has 2 heteroatoms. The first-order chi connectivity index (χ1) is 4.12. The Morgan fingerprint density at radius 2 is 2.33 bits per heavy atom. The Hall–Kier alpha value is -0.810. The van der Waals surface area contributed by atoms with Crippen LogP contribution in [0.3, 0.4) is 0 Å². The molecular weight excluding hydrogens is 114 g/mol. The molecule has 0 rings (SSSR count). The fourth-order valence-corrected chi connectivity index (χ4v) is 0.510. The van der Waals surface area contributed by atoms with Crippen molar-refractivity contribution in [3.05, 3.63) is 0 Å². The Balaban J connectivity index is 3.95. The number of aldehydes is 1. The zero-order chi connectivity index (χ0) is 7.33. The molecule has 50 valence electrons. The van der Waals surface area contributed by atoms with Crippen LogP contribution in [0.4, 0.5) is 0 Å². The van der Waals surface area contributed by atoms with E-state index in [9.17, 15) is 4.79 Å². The molecule has 2 N–H and O–H groups in total. The van der Waals surface area contributed by atoms with E-state index in [-0.39, 0.29) is 0 Å². The number of hydrogen-bond donors (Lipinski definition) is 1. The van der Waals surface area contributed by atoms with Gasteiger partial charge in [-0.2, -0.15) is 0 Å². The van der Waals surface area contributed by atoms with Crippen LogP contribution < -0.4 is 5.73 Å². The quantitative estimate of drug-likeness (QED) is 0.426. The van der Waals surface area contributed by atoms with Crippen LogP contribution in [0.15, 0.2) is 0 Å². The van der Waals surface area contributed by atoms with Crippen molar-refractivity contribution in [1.82, 2.24) is 0 Å². The highest BCUT2D eigenvalue weighted by atomic mass is 16.1. The third kappa shape index (κ3) is 3.75. The molecule has 0 heterocycles. The van der Waals surface area contributed by atoms with Gasteiger partial charge in [0.25, 0.3) is 0 Å². The second kappa shape index (κ2) is 3.26. The molecule has 0 fully saturated rings. The number of carbonyl (C=O) groups is 1. The first-order valence-corrected chi connectivity index (χ1v) is 2.79. The smallest absolute Gasteiger partial charge is 0.122 e. The molecule has 0 saturated heterocycles. The molecule has 0 amide bonds. The van der Waals surface area contributed by atoms with Crippen LogP contribution in [-0.2, 0) is 4.79 Å². The van der Waals surface area contributed by atoms with E-state index in [1.54, 1.807) is 13.8 Å². The lowest BCUT2D eigenvalue weighted by molar-refractivity contribution is -0.108. The largest absolute Gasteiger partial charge is 0.315 e. The molecule has 9 heavy (non-hydrogen) atoms. The van der Waals surface area contributed by atoms with Crippen molar-refractivity contribution in [3.63, 3.8) is 0 Å². The van der Waals surface area contributed by atoms with Crippen molar-refractivity contribution >= 4 is 6.29 Å². The molecule has 0 aliphatic rings. The van der Waals surface area contributed by atoms with Gasteiger partial charge in [0.2, 0.25) is 0 Å². The maximum Gasteiger partial charge on any atom is 0.122 e. The van der Waals surface area contributed by atoms with Gasteiger partial charge < -0.3 is 10.5 Å². The van der Waals surface area contributed by atoms with Crippen LogP contribution in [0.5, 0.6) is 0 Å². The average Bonchev–Trinajstić information content (AvgIpc) is 1.64. The molecule has 2 nitrogen and oxygen atoms in total. The lowest BCUT2D eigenvalue weighted by Crippen LogP contribution is -2.34. The standard InChI is InChI=1S/C7H11NO/c1-3-4-7(2,8)5-6-9/h6H,5,8H2,1-2H3. The van der Waals surface area contributed by atoms with Gasteiger partial charge in [-0.3, -0.25) is 0 Å². The molecule has 1 atom stereocenters. The van der Waals surface area contributed by atoms with Gasteiger partial charge >= 0.3 is 0 Å². The zero-order valence-corrected chi connectivity index (χ0v) is 5.77. The van der Waals surface area contributed by atoms with Crippen LogP contribution in [0.2, 0.25) is 0 Å². The van der Waals surface area contributed by atoms with Crippen molar-refractivity contribution in [2.45, 2.75) is 25.8 Å². The summed E-state index contributed by atoms with van der Waals surface area (Å²) in [4.78, 5) is 9.95. The van der Waals surface area contributed by atoms with Gasteiger partial charge in [-0.05, 0) is 13.8 Å². The average molecular weight is 125 g/mol. The topological polar surface area (TPSA) is 43.1 Å². The van der Waals surface area contributed by atoms with E-state index in [1.165, 1.54) is 0 Å². The molecule has 0 spiro atoms. The molecule has 0 bridgehead atoms. The number of nitrogens with two attached hydrogens (primary N) is 1. The number of hydrogen-bond acceptors (Lipinski definition) is 2. The van der Waals surface area contributed by atoms with Crippen LogP contribution in [0.1, 0.15) is 20.3 Å². The lowest BCUT2D eigenvalue weighted by Gasteiger charge is -2.11. The second-order valence-electron chi connectivity index (χ2n) is 2.16. The van der Waals surface area contributed by atoms with Crippen molar-refractivity contribution in [2.75, 3.05) is 0 Å². The highest BCUT2D eigenvalue weighted by Gasteiger charge is 2.12. The summed E-state index contributed by atoms with van der Waals surface area (Å²) < 4.78 is 0. The first kappa shape index (κ1) is 8.19. The molecule has 1 unspecified atom stereocenters. The summed E-state index contributed by atoms with van der Waals surface area (Å²) in [6.45, 7) is 3.44. The van der Waals surface area contributed by atoms with Crippen molar-refractivity contribution in [1.29, 1.82) is 0 Å². The third-order valence-corrected chi connectivity index (χ3v) is 0.918. The minimum atomic E-state index is -0.628. The SMILES string of the molecule is CC#CC(C)(N)CC=O. The van der Waals surface area contributed by atoms with E-state index in [0.29, 0.717) is 6.42 Å². The molecule has 0 aliphatic carbocycles. The second-order valence-corrected chi connectivity index (χ2v) is 2.16.